The molecule has 2 heterocycles. The third-order valence-electron chi connectivity index (χ3n) is 2.65. The van der Waals surface area contributed by atoms with Gasteiger partial charge in [-0.3, -0.25) is 14.7 Å². The van der Waals surface area contributed by atoms with Gasteiger partial charge in [-0.2, -0.15) is 5.10 Å². The number of aromatic nitrogens is 2. The summed E-state index contributed by atoms with van der Waals surface area (Å²) in [5.41, 5.74) is 0.970. The molecule has 0 aliphatic carbocycles. The first-order chi connectivity index (χ1) is 8.56. The lowest BCUT2D eigenvalue weighted by molar-refractivity contribution is -0.130. The number of hydrogen-bond donors (Lipinski definition) is 2. The van der Waals surface area contributed by atoms with Gasteiger partial charge in [-0.15, -0.1) is 11.8 Å². The van der Waals surface area contributed by atoms with Crippen LogP contribution in [0.25, 0.3) is 0 Å². The molecule has 2 amide bonds. The first-order valence-electron chi connectivity index (χ1n) is 5.77. The number of nitrogens with zero attached hydrogens (tertiary/aromatic N) is 2. The fourth-order valence-electron chi connectivity index (χ4n) is 1.59. The zero-order chi connectivity index (χ0) is 13.1. The zero-order valence-electron chi connectivity index (χ0n) is 10.4. The van der Waals surface area contributed by atoms with Gasteiger partial charge in [-0.25, -0.2) is 0 Å². The van der Waals surface area contributed by atoms with Crippen molar-refractivity contribution in [3.63, 3.8) is 0 Å². The van der Waals surface area contributed by atoms with Crippen LogP contribution in [0.15, 0.2) is 6.07 Å². The minimum atomic E-state index is -0.215. The number of anilines is 1. The molecule has 0 atom stereocenters. The number of carbonyl (C=O) groups is 2. The second kappa shape index (κ2) is 5.43. The summed E-state index contributed by atoms with van der Waals surface area (Å²) >= 11 is 1.52. The van der Waals surface area contributed by atoms with Gasteiger partial charge in [-0.05, 0) is 5.92 Å². The quantitative estimate of drug-likeness (QED) is 0.854. The molecule has 7 heteroatoms. The number of nitrogens with one attached hydrogen (secondary N) is 2. The van der Waals surface area contributed by atoms with E-state index >= 15 is 0 Å². The van der Waals surface area contributed by atoms with E-state index in [0.717, 1.165) is 5.69 Å². The average Bonchev–Trinajstić information content (AvgIpc) is 2.89. The Morgan fingerprint density at radius 1 is 1.67 bits per heavy atom. The van der Waals surface area contributed by atoms with Crippen LogP contribution in [0.2, 0.25) is 0 Å². The van der Waals surface area contributed by atoms with Gasteiger partial charge in [0, 0.05) is 11.8 Å². The summed E-state index contributed by atoms with van der Waals surface area (Å²) in [6, 6.07) is 1.81. The molecule has 1 aliphatic rings. The molecule has 2 N–H and O–H groups in total. The van der Waals surface area contributed by atoms with Crippen LogP contribution >= 0.6 is 11.8 Å². The van der Waals surface area contributed by atoms with E-state index in [4.69, 9.17) is 0 Å². The van der Waals surface area contributed by atoms with Crippen molar-refractivity contribution in [2.24, 2.45) is 0 Å². The monoisotopic (exact) mass is 268 g/mol. The lowest BCUT2D eigenvalue weighted by atomic mass is 10.1. The van der Waals surface area contributed by atoms with Crippen LogP contribution in [0.5, 0.6) is 0 Å². The van der Waals surface area contributed by atoms with Gasteiger partial charge in [0.15, 0.2) is 5.82 Å². The van der Waals surface area contributed by atoms with E-state index in [1.165, 1.54) is 16.7 Å². The molecule has 1 fully saturated rings. The fourth-order valence-corrected chi connectivity index (χ4v) is 2.50. The Morgan fingerprint density at radius 3 is 3.00 bits per heavy atom. The van der Waals surface area contributed by atoms with Crippen molar-refractivity contribution in [3.8, 4) is 0 Å². The summed E-state index contributed by atoms with van der Waals surface area (Å²) in [5, 5.41) is 9.55. The van der Waals surface area contributed by atoms with E-state index in [1.54, 1.807) is 0 Å². The molecule has 0 radical (unpaired) electrons. The highest BCUT2D eigenvalue weighted by atomic mass is 32.2. The highest BCUT2D eigenvalue weighted by Gasteiger charge is 2.23. The highest BCUT2D eigenvalue weighted by Crippen LogP contribution is 2.16. The second-order valence-corrected chi connectivity index (χ2v) is 5.44. The lowest BCUT2D eigenvalue weighted by Crippen LogP contribution is -2.34. The summed E-state index contributed by atoms with van der Waals surface area (Å²) in [6.07, 6.45) is 0. The molecule has 18 heavy (non-hydrogen) atoms. The summed E-state index contributed by atoms with van der Waals surface area (Å²) in [6.45, 7) is 4.17. The van der Waals surface area contributed by atoms with E-state index in [9.17, 15) is 9.59 Å². The van der Waals surface area contributed by atoms with Crippen LogP contribution in [-0.4, -0.2) is 45.1 Å². The molecule has 1 aromatic rings. The SMILES string of the molecule is CC(C)c1cc(NC(=O)CN2CSCC2=O)n[nH]1. The lowest BCUT2D eigenvalue weighted by Gasteiger charge is -2.13. The van der Waals surface area contributed by atoms with E-state index < -0.39 is 0 Å². The molecule has 0 unspecified atom stereocenters. The molecule has 98 valence electrons. The van der Waals surface area contributed by atoms with Gasteiger partial charge in [0.1, 0.15) is 6.54 Å². The van der Waals surface area contributed by atoms with Crippen LogP contribution in [0, 0.1) is 0 Å². The average molecular weight is 268 g/mol. The number of amides is 2. The van der Waals surface area contributed by atoms with Gasteiger partial charge >= 0.3 is 0 Å². The van der Waals surface area contributed by atoms with Crippen molar-refractivity contribution in [2.45, 2.75) is 19.8 Å². The van der Waals surface area contributed by atoms with Gasteiger partial charge in [0.25, 0.3) is 0 Å². The van der Waals surface area contributed by atoms with Gasteiger partial charge in [-0.1, -0.05) is 13.8 Å². The maximum Gasteiger partial charge on any atom is 0.245 e. The number of carbonyl (C=O) groups excluding carboxylic acids is 2. The van der Waals surface area contributed by atoms with Gasteiger partial charge in [0.2, 0.25) is 11.8 Å². The molecule has 0 spiro atoms. The number of rotatable bonds is 4. The molecule has 1 aliphatic heterocycles. The maximum atomic E-state index is 11.7. The molecular weight excluding hydrogens is 252 g/mol. The van der Waals surface area contributed by atoms with Crippen LogP contribution < -0.4 is 5.32 Å². The molecule has 1 aromatic heterocycles. The normalized spacial score (nSPS) is 15.5. The van der Waals surface area contributed by atoms with E-state index in [0.29, 0.717) is 23.4 Å². The molecule has 0 saturated carbocycles. The third-order valence-corrected chi connectivity index (χ3v) is 3.59. The van der Waals surface area contributed by atoms with Crippen LogP contribution in [0.4, 0.5) is 5.82 Å². The molecule has 0 aromatic carbocycles. The molecule has 6 nitrogen and oxygen atoms in total. The standard InChI is InChI=1S/C11H16N4O2S/c1-7(2)8-3-9(14-13-8)12-10(16)4-15-6-18-5-11(15)17/h3,7H,4-6H2,1-2H3,(H2,12,13,14,16). The van der Waals surface area contributed by atoms with Crippen molar-refractivity contribution in [1.82, 2.24) is 15.1 Å². The predicted molar refractivity (Wildman–Crippen MR) is 70.3 cm³/mol. The van der Waals surface area contributed by atoms with Crippen molar-refractivity contribution >= 4 is 29.4 Å². The number of aromatic amines is 1. The zero-order valence-corrected chi connectivity index (χ0v) is 11.2. The number of hydrogen-bond acceptors (Lipinski definition) is 4. The fraction of sp³-hybridized carbons (Fsp3) is 0.545. The van der Waals surface area contributed by atoms with Crippen molar-refractivity contribution in [3.05, 3.63) is 11.8 Å². The largest absolute Gasteiger partial charge is 0.323 e. The topological polar surface area (TPSA) is 78.1 Å². The summed E-state index contributed by atoms with van der Waals surface area (Å²) < 4.78 is 0. The second-order valence-electron chi connectivity index (χ2n) is 4.48. The van der Waals surface area contributed by atoms with Crippen molar-refractivity contribution in [1.29, 1.82) is 0 Å². The summed E-state index contributed by atoms with van der Waals surface area (Å²) in [4.78, 5) is 24.6. The minimum absolute atomic E-state index is 0.0139. The Hall–Kier alpha value is -1.50. The third kappa shape index (κ3) is 3.04. The molecule has 1 saturated heterocycles. The van der Waals surface area contributed by atoms with Gasteiger partial charge < -0.3 is 10.2 Å². The van der Waals surface area contributed by atoms with E-state index in [1.807, 2.05) is 19.9 Å². The van der Waals surface area contributed by atoms with Crippen LogP contribution in [0.3, 0.4) is 0 Å². The Balaban J connectivity index is 1.88. The van der Waals surface area contributed by atoms with Gasteiger partial charge in [0.05, 0.1) is 11.6 Å². The van der Waals surface area contributed by atoms with Crippen molar-refractivity contribution in [2.75, 3.05) is 23.5 Å². The maximum absolute atomic E-state index is 11.7. The highest BCUT2D eigenvalue weighted by molar-refractivity contribution is 8.00. The minimum Gasteiger partial charge on any atom is -0.323 e. The summed E-state index contributed by atoms with van der Waals surface area (Å²) in [5.74, 6) is 1.69. The Morgan fingerprint density at radius 2 is 2.44 bits per heavy atom. The molecular formula is C11H16N4O2S. The van der Waals surface area contributed by atoms with Crippen LogP contribution in [0.1, 0.15) is 25.5 Å². The molecule has 2 rings (SSSR count). The first kappa shape index (κ1) is 12.9. The smallest absolute Gasteiger partial charge is 0.245 e. The van der Waals surface area contributed by atoms with E-state index in [-0.39, 0.29) is 18.4 Å². The van der Waals surface area contributed by atoms with Crippen molar-refractivity contribution < 1.29 is 9.59 Å². The Kier molecular flexibility index (Phi) is 3.90. The van der Waals surface area contributed by atoms with E-state index in [2.05, 4.69) is 15.5 Å². The summed E-state index contributed by atoms with van der Waals surface area (Å²) in [7, 11) is 0. The first-order valence-corrected chi connectivity index (χ1v) is 6.92. The number of thioether (sulfide) groups is 1. The Bertz CT molecular complexity index is 458. The Labute approximate surface area is 109 Å². The predicted octanol–water partition coefficient (Wildman–Crippen LogP) is 1.00. The molecule has 0 bridgehead atoms. The van der Waals surface area contributed by atoms with Crippen LogP contribution in [-0.2, 0) is 9.59 Å². The number of H-pyrrole nitrogens is 1.